The molecule has 0 aliphatic rings. The molecular weight excluding hydrogens is 266 g/mol. The highest BCUT2D eigenvalue weighted by atomic mass is 16.5. The zero-order chi connectivity index (χ0) is 15.2. The van der Waals surface area contributed by atoms with Crippen LogP contribution < -0.4 is 14.8 Å². The van der Waals surface area contributed by atoms with Crippen molar-refractivity contribution in [1.29, 1.82) is 0 Å². The van der Waals surface area contributed by atoms with Gasteiger partial charge in [0.1, 0.15) is 17.2 Å². The Kier molecular flexibility index (Phi) is 4.93. The summed E-state index contributed by atoms with van der Waals surface area (Å²) in [5.74, 6) is 1.72. The largest absolute Gasteiger partial charge is 0.507 e. The maximum atomic E-state index is 10.0. The van der Waals surface area contributed by atoms with Crippen LogP contribution in [-0.4, -0.2) is 18.8 Å². The minimum atomic E-state index is -0.0196. The Hall–Kier alpha value is -2.36. The summed E-state index contributed by atoms with van der Waals surface area (Å²) in [5.41, 5.74) is 1.80. The maximum absolute atomic E-state index is 10.0. The number of hydrogen-bond acceptors (Lipinski definition) is 4. The smallest absolute Gasteiger partial charge is 0.124 e. The van der Waals surface area contributed by atoms with Gasteiger partial charge in [-0.05, 0) is 50.2 Å². The fourth-order valence-electron chi connectivity index (χ4n) is 2.16. The molecule has 0 saturated carbocycles. The van der Waals surface area contributed by atoms with E-state index in [2.05, 4.69) is 5.32 Å². The summed E-state index contributed by atoms with van der Waals surface area (Å²) in [4.78, 5) is 0. The lowest BCUT2D eigenvalue weighted by molar-refractivity contribution is 0.340. The number of anilines is 1. The first kappa shape index (κ1) is 15.0. The van der Waals surface area contributed by atoms with Crippen molar-refractivity contribution in [2.45, 2.75) is 19.9 Å². The van der Waals surface area contributed by atoms with Crippen LogP contribution in [0.2, 0.25) is 0 Å². The molecule has 0 aromatic heterocycles. The van der Waals surface area contributed by atoms with E-state index >= 15 is 0 Å². The normalized spacial score (nSPS) is 11.8. The van der Waals surface area contributed by atoms with Gasteiger partial charge >= 0.3 is 0 Å². The maximum Gasteiger partial charge on any atom is 0.124 e. The molecule has 4 nitrogen and oxygen atoms in total. The zero-order valence-corrected chi connectivity index (χ0v) is 12.6. The molecular formula is C17H21NO3. The van der Waals surface area contributed by atoms with Crippen molar-refractivity contribution in [2.75, 3.05) is 19.0 Å². The molecule has 2 rings (SSSR count). The van der Waals surface area contributed by atoms with E-state index in [9.17, 15) is 5.11 Å². The third-order valence-electron chi connectivity index (χ3n) is 3.25. The van der Waals surface area contributed by atoms with Gasteiger partial charge in [0.25, 0.3) is 0 Å². The van der Waals surface area contributed by atoms with Gasteiger partial charge < -0.3 is 19.9 Å². The molecule has 2 N–H and O–H groups in total. The number of nitrogens with one attached hydrogen (secondary N) is 1. The summed E-state index contributed by atoms with van der Waals surface area (Å²) < 4.78 is 10.5. The van der Waals surface area contributed by atoms with Gasteiger partial charge in [-0.15, -0.1) is 0 Å². The molecule has 0 radical (unpaired) electrons. The van der Waals surface area contributed by atoms with Crippen LogP contribution >= 0.6 is 0 Å². The molecule has 21 heavy (non-hydrogen) atoms. The molecule has 0 heterocycles. The molecule has 1 atom stereocenters. The fraction of sp³-hybridized carbons (Fsp3) is 0.294. The number of rotatable bonds is 6. The summed E-state index contributed by atoms with van der Waals surface area (Å²) in [5, 5.41) is 13.4. The highest BCUT2D eigenvalue weighted by molar-refractivity contribution is 5.50. The molecule has 0 fully saturated rings. The van der Waals surface area contributed by atoms with Gasteiger partial charge in [-0.25, -0.2) is 0 Å². The quantitative estimate of drug-likeness (QED) is 0.844. The second-order valence-corrected chi connectivity index (χ2v) is 4.75. The molecule has 0 aliphatic carbocycles. The predicted octanol–water partition coefficient (Wildman–Crippen LogP) is 3.97. The number of methoxy groups -OCH3 is 1. The lowest BCUT2D eigenvalue weighted by Gasteiger charge is -2.17. The topological polar surface area (TPSA) is 50.7 Å². The van der Waals surface area contributed by atoms with E-state index in [0.29, 0.717) is 12.4 Å². The summed E-state index contributed by atoms with van der Waals surface area (Å²) in [6.45, 7) is 4.61. The molecule has 0 saturated heterocycles. The van der Waals surface area contributed by atoms with Crippen LogP contribution in [0.5, 0.6) is 17.2 Å². The number of benzene rings is 2. The van der Waals surface area contributed by atoms with Crippen LogP contribution in [0.15, 0.2) is 42.5 Å². The number of phenols is 1. The van der Waals surface area contributed by atoms with Crippen LogP contribution in [0.3, 0.4) is 0 Å². The highest BCUT2D eigenvalue weighted by Crippen LogP contribution is 2.30. The van der Waals surface area contributed by atoms with Crippen molar-refractivity contribution in [3.63, 3.8) is 0 Å². The lowest BCUT2D eigenvalue weighted by atomic mass is 10.1. The molecule has 4 heteroatoms. The molecule has 0 aliphatic heterocycles. The number of phenolic OH excluding ortho intramolecular Hbond substituents is 1. The first-order valence-electron chi connectivity index (χ1n) is 7.00. The van der Waals surface area contributed by atoms with Crippen molar-refractivity contribution in [2.24, 2.45) is 0 Å². The van der Waals surface area contributed by atoms with Gasteiger partial charge in [0.2, 0.25) is 0 Å². The molecule has 0 amide bonds. The van der Waals surface area contributed by atoms with Gasteiger partial charge in [-0.2, -0.15) is 0 Å². The second kappa shape index (κ2) is 6.88. The Morgan fingerprint density at radius 3 is 2.33 bits per heavy atom. The monoisotopic (exact) mass is 287 g/mol. The first-order chi connectivity index (χ1) is 10.1. The molecule has 1 unspecified atom stereocenters. The average Bonchev–Trinajstić information content (AvgIpc) is 2.49. The van der Waals surface area contributed by atoms with E-state index < -0.39 is 0 Å². The Morgan fingerprint density at radius 2 is 1.76 bits per heavy atom. The van der Waals surface area contributed by atoms with Crippen LogP contribution in [0.4, 0.5) is 5.69 Å². The number of aromatic hydroxyl groups is 1. The SMILES string of the molecule is CCOc1ccc(NC(C)c2ccc(OC)cc2O)cc1. The van der Waals surface area contributed by atoms with E-state index in [1.54, 1.807) is 13.2 Å². The van der Waals surface area contributed by atoms with E-state index in [-0.39, 0.29) is 11.8 Å². The summed E-state index contributed by atoms with van der Waals surface area (Å²) in [6, 6.07) is 13.1. The molecule has 112 valence electrons. The highest BCUT2D eigenvalue weighted by Gasteiger charge is 2.11. The molecule has 0 spiro atoms. The minimum Gasteiger partial charge on any atom is -0.507 e. The van der Waals surface area contributed by atoms with Crippen LogP contribution in [0.25, 0.3) is 0 Å². The van der Waals surface area contributed by atoms with E-state index in [4.69, 9.17) is 9.47 Å². The van der Waals surface area contributed by atoms with Gasteiger partial charge in [0, 0.05) is 17.3 Å². The Bertz CT molecular complexity index is 581. The van der Waals surface area contributed by atoms with E-state index in [0.717, 1.165) is 17.0 Å². The lowest BCUT2D eigenvalue weighted by Crippen LogP contribution is -2.07. The Labute approximate surface area is 125 Å². The van der Waals surface area contributed by atoms with Crippen molar-refractivity contribution in [1.82, 2.24) is 0 Å². The third-order valence-corrected chi connectivity index (χ3v) is 3.25. The van der Waals surface area contributed by atoms with Gasteiger partial charge in [0.15, 0.2) is 0 Å². The molecule has 0 bridgehead atoms. The van der Waals surface area contributed by atoms with Crippen LogP contribution in [-0.2, 0) is 0 Å². The van der Waals surface area contributed by atoms with Crippen molar-refractivity contribution in [3.05, 3.63) is 48.0 Å². The average molecular weight is 287 g/mol. The number of ether oxygens (including phenoxy) is 2. The van der Waals surface area contributed by atoms with Crippen molar-refractivity contribution in [3.8, 4) is 17.2 Å². The first-order valence-corrected chi connectivity index (χ1v) is 7.00. The third kappa shape index (κ3) is 3.81. The van der Waals surface area contributed by atoms with E-state index in [1.807, 2.05) is 50.2 Å². The fourth-order valence-corrected chi connectivity index (χ4v) is 2.16. The molecule has 2 aromatic rings. The summed E-state index contributed by atoms with van der Waals surface area (Å²) >= 11 is 0. The van der Waals surface area contributed by atoms with Crippen LogP contribution in [0, 0.1) is 0 Å². The standard InChI is InChI=1S/C17H21NO3/c1-4-21-14-7-5-13(6-8-14)18-12(2)16-10-9-15(20-3)11-17(16)19/h5-12,18-19H,4H2,1-3H3. The van der Waals surface area contributed by atoms with Crippen molar-refractivity contribution >= 4 is 5.69 Å². The van der Waals surface area contributed by atoms with E-state index in [1.165, 1.54) is 0 Å². The van der Waals surface area contributed by atoms with Crippen LogP contribution in [0.1, 0.15) is 25.5 Å². The van der Waals surface area contributed by atoms with Crippen molar-refractivity contribution < 1.29 is 14.6 Å². The van der Waals surface area contributed by atoms with Gasteiger partial charge in [-0.1, -0.05) is 0 Å². The Morgan fingerprint density at radius 1 is 1.10 bits per heavy atom. The van der Waals surface area contributed by atoms with Gasteiger partial charge in [0.05, 0.1) is 19.8 Å². The summed E-state index contributed by atoms with van der Waals surface area (Å²) in [7, 11) is 1.58. The number of hydrogen-bond donors (Lipinski definition) is 2. The molecule has 2 aromatic carbocycles. The predicted molar refractivity (Wildman–Crippen MR) is 84.3 cm³/mol. The minimum absolute atomic E-state index is 0.0196. The zero-order valence-electron chi connectivity index (χ0n) is 12.6. The summed E-state index contributed by atoms with van der Waals surface area (Å²) in [6.07, 6.45) is 0. The second-order valence-electron chi connectivity index (χ2n) is 4.75. The van der Waals surface area contributed by atoms with Gasteiger partial charge in [-0.3, -0.25) is 0 Å². The Balaban J connectivity index is 2.08.